The summed E-state index contributed by atoms with van der Waals surface area (Å²) in [5, 5.41) is 0. The van der Waals surface area contributed by atoms with Gasteiger partial charge in [-0.05, 0) is 37.1 Å². The molecule has 0 aliphatic carbocycles. The summed E-state index contributed by atoms with van der Waals surface area (Å²) in [6.07, 6.45) is 0.867. The fourth-order valence-corrected chi connectivity index (χ4v) is 2.02. The number of hydrogen-bond acceptors (Lipinski definition) is 2. The van der Waals surface area contributed by atoms with Crippen molar-refractivity contribution in [3.8, 4) is 0 Å². The number of rotatable bonds is 2. The molecule has 1 heterocycles. The lowest BCUT2D eigenvalue weighted by Crippen LogP contribution is -2.29. The summed E-state index contributed by atoms with van der Waals surface area (Å²) in [7, 11) is 0. The molecular formula is C12H14F2N2O. The maximum absolute atomic E-state index is 13.0. The lowest BCUT2D eigenvalue weighted by molar-refractivity contribution is 0.0787. The van der Waals surface area contributed by atoms with Gasteiger partial charge in [0.15, 0.2) is 11.6 Å². The molecule has 0 bridgehead atoms. The van der Waals surface area contributed by atoms with Crippen LogP contribution in [0.1, 0.15) is 16.8 Å². The van der Waals surface area contributed by atoms with E-state index in [9.17, 15) is 13.6 Å². The molecule has 2 rings (SSSR count). The van der Waals surface area contributed by atoms with E-state index in [2.05, 4.69) is 0 Å². The van der Waals surface area contributed by atoms with Gasteiger partial charge in [0.1, 0.15) is 0 Å². The lowest BCUT2D eigenvalue weighted by Gasteiger charge is -2.16. The first-order valence-corrected chi connectivity index (χ1v) is 5.56. The van der Waals surface area contributed by atoms with Gasteiger partial charge >= 0.3 is 0 Å². The van der Waals surface area contributed by atoms with Gasteiger partial charge < -0.3 is 10.6 Å². The van der Waals surface area contributed by atoms with Gasteiger partial charge in [0.2, 0.25) is 0 Å². The third kappa shape index (κ3) is 2.44. The number of likely N-dealkylation sites (tertiary alicyclic amines) is 1. The predicted octanol–water partition coefficient (Wildman–Crippen LogP) is 1.39. The van der Waals surface area contributed by atoms with E-state index in [-0.39, 0.29) is 11.5 Å². The summed E-state index contributed by atoms with van der Waals surface area (Å²) in [6, 6.07) is 3.21. The van der Waals surface area contributed by atoms with Gasteiger partial charge in [0.05, 0.1) is 0 Å². The monoisotopic (exact) mass is 240 g/mol. The van der Waals surface area contributed by atoms with Crippen LogP contribution in [0.3, 0.4) is 0 Å². The summed E-state index contributed by atoms with van der Waals surface area (Å²) in [5.74, 6) is -1.89. The van der Waals surface area contributed by atoms with Gasteiger partial charge in [0.25, 0.3) is 5.91 Å². The lowest BCUT2D eigenvalue weighted by atomic mass is 10.1. The molecule has 1 saturated heterocycles. The number of benzene rings is 1. The van der Waals surface area contributed by atoms with Crippen LogP contribution in [0.25, 0.3) is 0 Å². The highest BCUT2D eigenvalue weighted by molar-refractivity contribution is 5.94. The molecule has 1 aliphatic heterocycles. The van der Waals surface area contributed by atoms with Crippen LogP contribution in [0, 0.1) is 17.6 Å². The van der Waals surface area contributed by atoms with Crippen LogP contribution in [-0.2, 0) is 0 Å². The number of nitrogens with two attached hydrogens (primary N) is 1. The van der Waals surface area contributed by atoms with Crippen molar-refractivity contribution >= 4 is 5.91 Å². The predicted molar refractivity (Wildman–Crippen MR) is 59.4 cm³/mol. The smallest absolute Gasteiger partial charge is 0.253 e. The first-order valence-electron chi connectivity index (χ1n) is 5.56. The number of amides is 1. The molecule has 0 unspecified atom stereocenters. The van der Waals surface area contributed by atoms with E-state index in [1.165, 1.54) is 6.07 Å². The first-order chi connectivity index (χ1) is 8.11. The molecule has 5 heteroatoms. The molecule has 17 heavy (non-hydrogen) atoms. The summed E-state index contributed by atoms with van der Waals surface area (Å²) < 4.78 is 25.7. The molecule has 0 radical (unpaired) electrons. The summed E-state index contributed by atoms with van der Waals surface area (Å²) in [6.45, 7) is 1.76. The molecule has 1 fully saturated rings. The van der Waals surface area contributed by atoms with Crippen molar-refractivity contribution in [3.05, 3.63) is 35.4 Å². The normalized spacial score (nSPS) is 19.7. The zero-order valence-electron chi connectivity index (χ0n) is 9.33. The highest BCUT2D eigenvalue weighted by atomic mass is 19.2. The van der Waals surface area contributed by atoms with Crippen molar-refractivity contribution in [3.63, 3.8) is 0 Å². The fourth-order valence-electron chi connectivity index (χ4n) is 2.02. The third-order valence-electron chi connectivity index (χ3n) is 3.07. The SMILES string of the molecule is NC[C@@H]1CCN(C(=O)c2ccc(F)c(F)c2)C1. The molecule has 92 valence electrons. The number of halogens is 2. The van der Waals surface area contributed by atoms with E-state index < -0.39 is 11.6 Å². The van der Waals surface area contributed by atoms with Crippen molar-refractivity contribution in [2.45, 2.75) is 6.42 Å². The van der Waals surface area contributed by atoms with Gasteiger partial charge in [-0.2, -0.15) is 0 Å². The topological polar surface area (TPSA) is 46.3 Å². The zero-order valence-corrected chi connectivity index (χ0v) is 9.33. The van der Waals surface area contributed by atoms with Gasteiger partial charge in [-0.1, -0.05) is 0 Å². The maximum atomic E-state index is 13.0. The van der Waals surface area contributed by atoms with Crippen LogP contribution in [0.5, 0.6) is 0 Å². The van der Waals surface area contributed by atoms with Gasteiger partial charge in [0, 0.05) is 18.7 Å². The molecular weight excluding hydrogens is 226 g/mol. The molecule has 3 nitrogen and oxygen atoms in total. The molecule has 0 saturated carbocycles. The van der Waals surface area contributed by atoms with Crippen LogP contribution in [0.4, 0.5) is 8.78 Å². The molecule has 2 N–H and O–H groups in total. The van der Waals surface area contributed by atoms with Crippen LogP contribution < -0.4 is 5.73 Å². The highest BCUT2D eigenvalue weighted by Crippen LogP contribution is 2.18. The molecule has 0 aromatic heterocycles. The Morgan fingerprint density at radius 1 is 1.41 bits per heavy atom. The summed E-state index contributed by atoms with van der Waals surface area (Å²) >= 11 is 0. The average molecular weight is 240 g/mol. The van der Waals surface area contributed by atoms with E-state index in [1.807, 2.05) is 0 Å². The van der Waals surface area contributed by atoms with Crippen LogP contribution >= 0.6 is 0 Å². The van der Waals surface area contributed by atoms with Crippen LogP contribution in [0.15, 0.2) is 18.2 Å². The largest absolute Gasteiger partial charge is 0.338 e. The second-order valence-corrected chi connectivity index (χ2v) is 4.27. The summed E-state index contributed by atoms with van der Waals surface area (Å²) in [4.78, 5) is 13.6. The standard InChI is InChI=1S/C12H14F2N2O/c13-10-2-1-9(5-11(10)14)12(17)16-4-3-8(6-15)7-16/h1-2,5,8H,3-4,6-7,15H2/t8-/m0/s1. The Morgan fingerprint density at radius 3 is 2.76 bits per heavy atom. The van der Waals surface area contributed by atoms with E-state index in [0.717, 1.165) is 18.6 Å². The highest BCUT2D eigenvalue weighted by Gasteiger charge is 2.26. The first kappa shape index (κ1) is 12.0. The minimum atomic E-state index is -0.995. The Balaban J connectivity index is 2.12. The Morgan fingerprint density at radius 2 is 2.18 bits per heavy atom. The van der Waals surface area contributed by atoms with E-state index >= 15 is 0 Å². The Kier molecular flexibility index (Phi) is 3.38. The van der Waals surface area contributed by atoms with E-state index in [1.54, 1.807) is 4.90 Å². The second kappa shape index (κ2) is 4.79. The number of carbonyl (C=O) groups is 1. The Bertz CT molecular complexity index is 437. The Labute approximate surface area is 98.2 Å². The van der Waals surface area contributed by atoms with Crippen molar-refractivity contribution in [2.24, 2.45) is 11.7 Å². The molecule has 1 aliphatic rings. The van der Waals surface area contributed by atoms with Gasteiger partial charge in [-0.3, -0.25) is 4.79 Å². The molecule has 1 aromatic rings. The number of carbonyl (C=O) groups excluding carboxylic acids is 1. The van der Waals surface area contributed by atoms with Gasteiger partial charge in [-0.25, -0.2) is 8.78 Å². The Hall–Kier alpha value is -1.49. The average Bonchev–Trinajstić information content (AvgIpc) is 2.80. The van der Waals surface area contributed by atoms with Crippen LogP contribution in [0.2, 0.25) is 0 Å². The minimum absolute atomic E-state index is 0.182. The molecule has 0 spiro atoms. The maximum Gasteiger partial charge on any atom is 0.253 e. The fraction of sp³-hybridized carbons (Fsp3) is 0.417. The molecule has 1 aromatic carbocycles. The van der Waals surface area contributed by atoms with Crippen molar-refractivity contribution in [1.29, 1.82) is 0 Å². The third-order valence-corrected chi connectivity index (χ3v) is 3.07. The van der Waals surface area contributed by atoms with Gasteiger partial charge in [-0.15, -0.1) is 0 Å². The summed E-state index contributed by atoms with van der Waals surface area (Å²) in [5.41, 5.74) is 5.71. The zero-order chi connectivity index (χ0) is 12.4. The van der Waals surface area contributed by atoms with Crippen molar-refractivity contribution in [1.82, 2.24) is 4.90 Å². The van der Waals surface area contributed by atoms with Crippen LogP contribution in [-0.4, -0.2) is 30.4 Å². The number of hydrogen-bond donors (Lipinski definition) is 1. The molecule has 1 amide bonds. The van der Waals surface area contributed by atoms with Crippen molar-refractivity contribution in [2.75, 3.05) is 19.6 Å². The second-order valence-electron chi connectivity index (χ2n) is 4.27. The van der Waals surface area contributed by atoms with E-state index in [4.69, 9.17) is 5.73 Å². The molecule has 1 atom stereocenters. The number of nitrogens with zero attached hydrogens (tertiary/aromatic N) is 1. The van der Waals surface area contributed by atoms with E-state index in [0.29, 0.717) is 25.6 Å². The van der Waals surface area contributed by atoms with Crippen molar-refractivity contribution < 1.29 is 13.6 Å². The minimum Gasteiger partial charge on any atom is -0.338 e. The quantitative estimate of drug-likeness (QED) is 0.849.